The van der Waals surface area contributed by atoms with Crippen LogP contribution in [0.25, 0.3) is 0 Å². The molecular weight excluding hydrogens is 260 g/mol. The minimum atomic E-state index is -0.545. The Bertz CT molecular complexity index is 346. The minimum Gasteiger partial charge on any atom is -0.393 e. The van der Waals surface area contributed by atoms with Gasteiger partial charge in [-0.1, -0.05) is 27.2 Å². The van der Waals surface area contributed by atoms with Gasteiger partial charge in [0.1, 0.15) is 0 Å². The van der Waals surface area contributed by atoms with Crippen LogP contribution in [0.3, 0.4) is 0 Å². The Morgan fingerprint density at radius 1 is 1.19 bits per heavy atom. The molecule has 2 fully saturated rings. The van der Waals surface area contributed by atoms with Crippen LogP contribution in [0.2, 0.25) is 0 Å². The van der Waals surface area contributed by atoms with Crippen molar-refractivity contribution in [3.8, 4) is 0 Å². The van der Waals surface area contributed by atoms with E-state index >= 15 is 0 Å². The Balaban J connectivity index is 2.00. The topological polar surface area (TPSA) is 40.5 Å². The third-order valence-electron chi connectivity index (χ3n) is 6.91. The van der Waals surface area contributed by atoms with Crippen LogP contribution in [0.5, 0.6) is 0 Å². The molecule has 0 heterocycles. The molecular formula is C19H36O2. The second-order valence-corrected chi connectivity index (χ2v) is 8.94. The summed E-state index contributed by atoms with van der Waals surface area (Å²) in [6.07, 6.45) is 7.91. The van der Waals surface area contributed by atoms with E-state index in [4.69, 9.17) is 0 Å². The Morgan fingerprint density at radius 3 is 2.48 bits per heavy atom. The Labute approximate surface area is 131 Å². The van der Waals surface area contributed by atoms with Crippen molar-refractivity contribution in [3.63, 3.8) is 0 Å². The van der Waals surface area contributed by atoms with Gasteiger partial charge in [0.05, 0.1) is 11.7 Å². The van der Waals surface area contributed by atoms with E-state index in [2.05, 4.69) is 20.8 Å². The average molecular weight is 296 g/mol. The average Bonchev–Trinajstić information content (AvgIpc) is 2.73. The number of fused-ring (bicyclic) bond motifs is 1. The van der Waals surface area contributed by atoms with Crippen LogP contribution in [-0.2, 0) is 0 Å². The van der Waals surface area contributed by atoms with E-state index in [1.165, 1.54) is 25.7 Å². The van der Waals surface area contributed by atoms with Crippen LogP contribution in [0.15, 0.2) is 0 Å². The van der Waals surface area contributed by atoms with Gasteiger partial charge in [0.25, 0.3) is 0 Å². The molecule has 0 aromatic carbocycles. The standard InChI is InChI=1S/C19H36O2/c1-13(10-12-18(3,4)21)14(2)15-8-9-16-17(20)7-6-11-19(15,16)5/h13-17,20-21H,6-12H2,1-5H3/t13-,14-,15+,16-,17-,19+/m0/s1. The first kappa shape index (κ1) is 17.3. The van der Waals surface area contributed by atoms with Crippen molar-refractivity contribution in [3.05, 3.63) is 0 Å². The molecule has 2 aliphatic rings. The number of hydrogen-bond acceptors (Lipinski definition) is 2. The van der Waals surface area contributed by atoms with Gasteiger partial charge >= 0.3 is 0 Å². The molecule has 2 aliphatic carbocycles. The van der Waals surface area contributed by atoms with Crippen molar-refractivity contribution in [2.24, 2.45) is 29.1 Å². The number of aliphatic hydroxyl groups excluding tert-OH is 1. The molecule has 6 atom stereocenters. The maximum atomic E-state index is 10.4. The molecule has 21 heavy (non-hydrogen) atoms. The van der Waals surface area contributed by atoms with Gasteiger partial charge in [-0.15, -0.1) is 0 Å². The summed E-state index contributed by atoms with van der Waals surface area (Å²) in [7, 11) is 0. The summed E-state index contributed by atoms with van der Waals surface area (Å²) in [5, 5.41) is 20.3. The van der Waals surface area contributed by atoms with Crippen molar-refractivity contribution >= 4 is 0 Å². The van der Waals surface area contributed by atoms with E-state index in [0.717, 1.165) is 25.2 Å². The monoisotopic (exact) mass is 296 g/mol. The molecule has 2 N–H and O–H groups in total. The molecule has 0 unspecified atom stereocenters. The van der Waals surface area contributed by atoms with Crippen molar-refractivity contribution in [1.82, 2.24) is 0 Å². The van der Waals surface area contributed by atoms with Gasteiger partial charge in [0, 0.05) is 0 Å². The fraction of sp³-hybridized carbons (Fsp3) is 1.00. The van der Waals surface area contributed by atoms with E-state index < -0.39 is 5.60 Å². The highest BCUT2D eigenvalue weighted by Crippen LogP contribution is 2.58. The largest absolute Gasteiger partial charge is 0.393 e. The molecule has 0 aromatic rings. The molecule has 2 rings (SSSR count). The van der Waals surface area contributed by atoms with Gasteiger partial charge in [0.2, 0.25) is 0 Å². The van der Waals surface area contributed by atoms with E-state index in [9.17, 15) is 10.2 Å². The number of aliphatic hydroxyl groups is 2. The fourth-order valence-electron chi connectivity index (χ4n) is 5.29. The maximum Gasteiger partial charge on any atom is 0.0591 e. The maximum absolute atomic E-state index is 10.4. The van der Waals surface area contributed by atoms with Crippen molar-refractivity contribution < 1.29 is 10.2 Å². The zero-order valence-electron chi connectivity index (χ0n) is 14.7. The van der Waals surface area contributed by atoms with Crippen molar-refractivity contribution in [2.45, 2.75) is 91.3 Å². The van der Waals surface area contributed by atoms with Crippen molar-refractivity contribution in [2.75, 3.05) is 0 Å². The van der Waals surface area contributed by atoms with Crippen LogP contribution < -0.4 is 0 Å². The quantitative estimate of drug-likeness (QED) is 0.790. The van der Waals surface area contributed by atoms with Crippen molar-refractivity contribution in [1.29, 1.82) is 0 Å². The Kier molecular flexibility index (Phi) is 5.10. The first-order valence-corrected chi connectivity index (χ1v) is 9.05. The molecule has 0 saturated heterocycles. The SMILES string of the molecule is C[C@H]([C@H]1CC[C@H]2[C@@H](O)CCC[C@]12C)[C@@H](C)CCC(C)(C)O. The van der Waals surface area contributed by atoms with Gasteiger partial charge in [-0.25, -0.2) is 0 Å². The summed E-state index contributed by atoms with van der Waals surface area (Å²) in [4.78, 5) is 0. The molecule has 2 nitrogen and oxygen atoms in total. The van der Waals surface area contributed by atoms with Crippen LogP contribution in [0, 0.1) is 29.1 Å². The molecule has 0 aromatic heterocycles. The van der Waals surface area contributed by atoms with Gasteiger partial charge in [-0.2, -0.15) is 0 Å². The summed E-state index contributed by atoms with van der Waals surface area (Å²) in [5.74, 6) is 2.61. The summed E-state index contributed by atoms with van der Waals surface area (Å²) in [6, 6.07) is 0. The predicted molar refractivity (Wildman–Crippen MR) is 88.0 cm³/mol. The van der Waals surface area contributed by atoms with E-state index in [0.29, 0.717) is 23.2 Å². The molecule has 0 radical (unpaired) electrons. The molecule has 2 heteroatoms. The third kappa shape index (κ3) is 3.64. The third-order valence-corrected chi connectivity index (χ3v) is 6.91. The van der Waals surface area contributed by atoms with Crippen LogP contribution in [0.4, 0.5) is 0 Å². The molecule has 2 saturated carbocycles. The zero-order valence-corrected chi connectivity index (χ0v) is 14.7. The first-order valence-electron chi connectivity index (χ1n) is 9.05. The second kappa shape index (κ2) is 6.20. The molecule has 0 spiro atoms. The molecule has 0 aliphatic heterocycles. The van der Waals surface area contributed by atoms with Crippen LogP contribution >= 0.6 is 0 Å². The summed E-state index contributed by atoms with van der Waals surface area (Å²) in [6.45, 7) is 11.0. The highest BCUT2D eigenvalue weighted by atomic mass is 16.3. The van der Waals surface area contributed by atoms with E-state index in [1.54, 1.807) is 0 Å². The summed E-state index contributed by atoms with van der Waals surface area (Å²) < 4.78 is 0. The lowest BCUT2D eigenvalue weighted by Gasteiger charge is -2.46. The summed E-state index contributed by atoms with van der Waals surface area (Å²) in [5.41, 5.74) is -0.197. The normalized spacial score (nSPS) is 39.9. The lowest BCUT2D eigenvalue weighted by atomic mass is 9.60. The number of rotatable bonds is 5. The first-order chi connectivity index (χ1) is 9.65. The fourth-order valence-corrected chi connectivity index (χ4v) is 5.29. The summed E-state index contributed by atoms with van der Waals surface area (Å²) >= 11 is 0. The van der Waals surface area contributed by atoms with Crippen LogP contribution in [0.1, 0.15) is 79.6 Å². The Morgan fingerprint density at radius 2 is 1.86 bits per heavy atom. The van der Waals surface area contributed by atoms with Crippen LogP contribution in [-0.4, -0.2) is 21.9 Å². The Hall–Kier alpha value is -0.0800. The number of hydrogen-bond donors (Lipinski definition) is 2. The predicted octanol–water partition coefficient (Wildman–Crippen LogP) is 4.39. The molecule has 124 valence electrons. The van der Waals surface area contributed by atoms with Gasteiger partial charge in [-0.3, -0.25) is 0 Å². The van der Waals surface area contributed by atoms with Gasteiger partial charge in [0.15, 0.2) is 0 Å². The second-order valence-electron chi connectivity index (χ2n) is 8.94. The van der Waals surface area contributed by atoms with Gasteiger partial charge in [-0.05, 0) is 81.5 Å². The highest BCUT2D eigenvalue weighted by molar-refractivity contribution is 5.02. The van der Waals surface area contributed by atoms with E-state index in [1.807, 2.05) is 13.8 Å². The molecule has 0 bridgehead atoms. The smallest absolute Gasteiger partial charge is 0.0591 e. The zero-order chi connectivity index (χ0) is 15.8. The highest BCUT2D eigenvalue weighted by Gasteiger charge is 2.52. The lowest BCUT2D eigenvalue weighted by molar-refractivity contribution is -0.0337. The van der Waals surface area contributed by atoms with Gasteiger partial charge < -0.3 is 10.2 Å². The lowest BCUT2D eigenvalue weighted by Crippen LogP contribution is -2.42. The minimum absolute atomic E-state index is 0.0624. The molecule has 0 amide bonds. The van der Waals surface area contributed by atoms with E-state index in [-0.39, 0.29) is 6.10 Å².